The predicted octanol–water partition coefficient (Wildman–Crippen LogP) is 3.67. The van der Waals surface area contributed by atoms with Crippen LogP contribution in [0.1, 0.15) is 18.1 Å². The Labute approximate surface area is 117 Å². The highest BCUT2D eigenvalue weighted by molar-refractivity contribution is 6.17. The zero-order valence-electron chi connectivity index (χ0n) is 11.0. The molecular weight excluding hydrogens is 262 g/mol. The number of nitrogens with zero attached hydrogens (tertiary/aromatic N) is 2. The SMILES string of the molecule is CCOc1ncnc(Nc2ccccc2CCl)c1C. The van der Waals surface area contributed by atoms with Crippen molar-refractivity contribution in [3.63, 3.8) is 0 Å². The molecular formula is C14H16ClN3O. The quantitative estimate of drug-likeness (QED) is 0.847. The minimum atomic E-state index is 0.450. The van der Waals surface area contributed by atoms with E-state index in [1.54, 1.807) is 0 Å². The van der Waals surface area contributed by atoms with Gasteiger partial charge in [-0.15, -0.1) is 11.6 Å². The van der Waals surface area contributed by atoms with Gasteiger partial charge in [0.2, 0.25) is 5.88 Å². The van der Waals surface area contributed by atoms with Crippen LogP contribution in [0.25, 0.3) is 0 Å². The monoisotopic (exact) mass is 277 g/mol. The molecule has 19 heavy (non-hydrogen) atoms. The molecule has 100 valence electrons. The first-order chi connectivity index (χ1) is 9.26. The fourth-order valence-corrected chi connectivity index (χ4v) is 1.96. The Hall–Kier alpha value is -1.81. The molecule has 0 aliphatic heterocycles. The second-order valence-electron chi connectivity index (χ2n) is 4.00. The van der Waals surface area contributed by atoms with Crippen LogP contribution in [0.3, 0.4) is 0 Å². The van der Waals surface area contributed by atoms with Gasteiger partial charge in [0.05, 0.1) is 12.2 Å². The molecule has 1 aromatic carbocycles. The number of aromatic nitrogens is 2. The summed E-state index contributed by atoms with van der Waals surface area (Å²) in [6, 6.07) is 7.87. The smallest absolute Gasteiger partial charge is 0.221 e. The lowest BCUT2D eigenvalue weighted by molar-refractivity contribution is 0.324. The Bertz CT molecular complexity index is 560. The molecule has 0 aliphatic rings. The molecule has 5 heteroatoms. The molecule has 0 atom stereocenters. The first kappa shape index (κ1) is 13.6. The van der Waals surface area contributed by atoms with E-state index in [0.717, 1.165) is 22.6 Å². The van der Waals surface area contributed by atoms with Crippen molar-refractivity contribution in [1.29, 1.82) is 0 Å². The second kappa shape index (κ2) is 6.38. The first-order valence-electron chi connectivity index (χ1n) is 6.11. The van der Waals surface area contributed by atoms with Crippen molar-refractivity contribution < 1.29 is 4.74 Å². The maximum Gasteiger partial charge on any atom is 0.221 e. The van der Waals surface area contributed by atoms with Crippen molar-refractivity contribution in [3.05, 3.63) is 41.7 Å². The minimum Gasteiger partial charge on any atom is -0.478 e. The number of nitrogens with one attached hydrogen (secondary N) is 1. The number of halogens is 1. The maximum absolute atomic E-state index is 5.92. The third kappa shape index (κ3) is 3.15. The Morgan fingerprint density at radius 3 is 2.79 bits per heavy atom. The summed E-state index contributed by atoms with van der Waals surface area (Å²) < 4.78 is 5.45. The van der Waals surface area contributed by atoms with Gasteiger partial charge in [0.1, 0.15) is 12.1 Å². The zero-order valence-corrected chi connectivity index (χ0v) is 11.7. The second-order valence-corrected chi connectivity index (χ2v) is 4.27. The summed E-state index contributed by atoms with van der Waals surface area (Å²) in [6.45, 7) is 4.43. The van der Waals surface area contributed by atoms with E-state index < -0.39 is 0 Å². The van der Waals surface area contributed by atoms with Crippen LogP contribution in [0.2, 0.25) is 0 Å². The van der Waals surface area contributed by atoms with E-state index in [1.165, 1.54) is 6.33 Å². The molecule has 0 spiro atoms. The molecule has 1 N–H and O–H groups in total. The number of benzene rings is 1. The van der Waals surface area contributed by atoms with Crippen LogP contribution in [0, 0.1) is 6.92 Å². The van der Waals surface area contributed by atoms with Crippen LogP contribution in [0.4, 0.5) is 11.5 Å². The summed E-state index contributed by atoms with van der Waals surface area (Å²) in [7, 11) is 0. The number of para-hydroxylation sites is 1. The van der Waals surface area contributed by atoms with E-state index in [0.29, 0.717) is 18.4 Å². The molecule has 0 saturated carbocycles. The van der Waals surface area contributed by atoms with Crippen molar-refractivity contribution in [3.8, 4) is 5.88 Å². The lowest BCUT2D eigenvalue weighted by atomic mass is 10.2. The van der Waals surface area contributed by atoms with Crippen LogP contribution in [0.15, 0.2) is 30.6 Å². The highest BCUT2D eigenvalue weighted by Crippen LogP contribution is 2.26. The third-order valence-electron chi connectivity index (χ3n) is 2.73. The molecule has 4 nitrogen and oxygen atoms in total. The lowest BCUT2D eigenvalue weighted by Crippen LogP contribution is -2.03. The van der Waals surface area contributed by atoms with E-state index in [2.05, 4.69) is 15.3 Å². The van der Waals surface area contributed by atoms with Crippen molar-refractivity contribution >= 4 is 23.1 Å². The van der Waals surface area contributed by atoms with Gasteiger partial charge in [-0.25, -0.2) is 9.97 Å². The van der Waals surface area contributed by atoms with Crippen LogP contribution < -0.4 is 10.1 Å². The van der Waals surface area contributed by atoms with E-state index in [-0.39, 0.29) is 0 Å². The number of hydrogen-bond acceptors (Lipinski definition) is 4. The van der Waals surface area contributed by atoms with Gasteiger partial charge in [0.15, 0.2) is 0 Å². The van der Waals surface area contributed by atoms with Gasteiger partial charge in [0, 0.05) is 11.6 Å². The molecule has 1 aromatic heterocycles. The van der Waals surface area contributed by atoms with Crippen LogP contribution >= 0.6 is 11.6 Å². The Morgan fingerprint density at radius 2 is 2.05 bits per heavy atom. The normalized spacial score (nSPS) is 10.3. The summed E-state index contributed by atoms with van der Waals surface area (Å²) in [5.74, 6) is 1.78. The Morgan fingerprint density at radius 1 is 1.26 bits per heavy atom. The molecule has 2 aromatic rings. The number of alkyl halides is 1. The van der Waals surface area contributed by atoms with Gasteiger partial charge in [0.25, 0.3) is 0 Å². The standard InChI is InChI=1S/C14H16ClN3O/c1-3-19-14-10(2)13(16-9-17-14)18-12-7-5-4-6-11(12)8-15/h4-7,9H,3,8H2,1-2H3,(H,16,17,18). The Kier molecular flexibility index (Phi) is 4.58. The van der Waals surface area contributed by atoms with Gasteiger partial charge in [-0.2, -0.15) is 0 Å². The largest absolute Gasteiger partial charge is 0.478 e. The van der Waals surface area contributed by atoms with E-state index in [4.69, 9.17) is 16.3 Å². The molecule has 0 radical (unpaired) electrons. The van der Waals surface area contributed by atoms with Gasteiger partial charge in [-0.3, -0.25) is 0 Å². The number of rotatable bonds is 5. The fraction of sp³-hybridized carbons (Fsp3) is 0.286. The third-order valence-corrected chi connectivity index (χ3v) is 3.02. The highest BCUT2D eigenvalue weighted by Gasteiger charge is 2.09. The lowest BCUT2D eigenvalue weighted by Gasteiger charge is -2.13. The highest BCUT2D eigenvalue weighted by atomic mass is 35.5. The van der Waals surface area contributed by atoms with Gasteiger partial charge in [-0.1, -0.05) is 18.2 Å². The molecule has 0 amide bonds. The number of hydrogen-bond donors (Lipinski definition) is 1. The topological polar surface area (TPSA) is 47.0 Å². The Balaban J connectivity index is 2.30. The molecule has 0 bridgehead atoms. The summed E-state index contributed by atoms with van der Waals surface area (Å²) in [6.07, 6.45) is 1.49. The maximum atomic E-state index is 5.92. The van der Waals surface area contributed by atoms with Crippen LogP contribution in [0.5, 0.6) is 5.88 Å². The molecule has 0 fully saturated rings. The van der Waals surface area contributed by atoms with Crippen molar-refractivity contribution in [2.24, 2.45) is 0 Å². The van der Waals surface area contributed by atoms with Crippen molar-refractivity contribution in [2.45, 2.75) is 19.7 Å². The summed E-state index contributed by atoms with van der Waals surface area (Å²) in [5, 5.41) is 3.27. The zero-order chi connectivity index (χ0) is 13.7. The van der Waals surface area contributed by atoms with Gasteiger partial charge < -0.3 is 10.1 Å². The van der Waals surface area contributed by atoms with Crippen molar-refractivity contribution in [2.75, 3.05) is 11.9 Å². The molecule has 0 saturated heterocycles. The molecule has 0 aliphatic carbocycles. The number of ether oxygens (including phenoxy) is 1. The van der Waals surface area contributed by atoms with Crippen molar-refractivity contribution in [1.82, 2.24) is 9.97 Å². The molecule has 0 unspecified atom stereocenters. The van der Waals surface area contributed by atoms with E-state index >= 15 is 0 Å². The summed E-state index contributed by atoms with van der Waals surface area (Å²) in [4.78, 5) is 8.36. The average molecular weight is 278 g/mol. The summed E-state index contributed by atoms with van der Waals surface area (Å²) >= 11 is 5.92. The van der Waals surface area contributed by atoms with Crippen LogP contribution in [-0.4, -0.2) is 16.6 Å². The predicted molar refractivity (Wildman–Crippen MR) is 77.2 cm³/mol. The van der Waals surface area contributed by atoms with Gasteiger partial charge in [-0.05, 0) is 25.5 Å². The first-order valence-corrected chi connectivity index (χ1v) is 6.65. The minimum absolute atomic E-state index is 0.450. The summed E-state index contributed by atoms with van der Waals surface area (Å²) in [5.41, 5.74) is 2.86. The van der Waals surface area contributed by atoms with E-state index in [9.17, 15) is 0 Å². The number of anilines is 2. The van der Waals surface area contributed by atoms with E-state index in [1.807, 2.05) is 38.1 Å². The average Bonchev–Trinajstić information content (AvgIpc) is 2.44. The fourth-order valence-electron chi connectivity index (χ4n) is 1.73. The van der Waals surface area contributed by atoms with Crippen LogP contribution in [-0.2, 0) is 5.88 Å². The van der Waals surface area contributed by atoms with Gasteiger partial charge >= 0.3 is 0 Å². The molecule has 1 heterocycles. The molecule has 2 rings (SSSR count).